The molecule has 3 rings (SSSR count). The first-order chi connectivity index (χ1) is 13.1. The number of hydrogen-bond acceptors (Lipinski definition) is 5. The molecule has 5 nitrogen and oxygen atoms in total. The lowest BCUT2D eigenvalue weighted by atomic mass is 9.46. The van der Waals surface area contributed by atoms with Crippen LogP contribution in [0, 0.1) is 22.7 Å². The normalized spacial score (nSPS) is 36.3. The number of nitrogens with one attached hydrogen (secondary N) is 1. The van der Waals surface area contributed by atoms with Crippen molar-refractivity contribution in [2.45, 2.75) is 59.3 Å². The molecule has 3 N–H and O–H groups in total. The molecule has 0 radical (unpaired) electrons. The highest BCUT2D eigenvalue weighted by Crippen LogP contribution is 2.63. The first-order valence-corrected chi connectivity index (χ1v) is 10.4. The summed E-state index contributed by atoms with van der Waals surface area (Å²) in [7, 11) is 0. The Labute approximate surface area is 167 Å². The second-order valence-corrected chi connectivity index (χ2v) is 9.32. The number of aliphatic hydroxyl groups excluding tert-OH is 2. The van der Waals surface area contributed by atoms with Gasteiger partial charge in [0.15, 0.2) is 0 Å². The third-order valence-electron chi connectivity index (χ3n) is 7.87. The first-order valence-electron chi connectivity index (χ1n) is 10.4. The summed E-state index contributed by atoms with van der Waals surface area (Å²) in [5.74, 6) is -0.626. The average molecular weight is 388 g/mol. The molecule has 3 aliphatic carbocycles. The van der Waals surface area contributed by atoms with E-state index in [-0.39, 0.29) is 41.0 Å². The van der Waals surface area contributed by atoms with Gasteiger partial charge < -0.3 is 15.5 Å². The highest BCUT2D eigenvalue weighted by atomic mass is 16.3. The zero-order chi connectivity index (χ0) is 20.7. The maximum absolute atomic E-state index is 12.7. The van der Waals surface area contributed by atoms with Gasteiger partial charge in [-0.15, -0.1) is 0 Å². The quantitative estimate of drug-likeness (QED) is 0.381. The van der Waals surface area contributed by atoms with Gasteiger partial charge in [0.1, 0.15) is 5.76 Å². The number of carbonyl (C=O) groups is 2. The van der Waals surface area contributed by atoms with Gasteiger partial charge in [0, 0.05) is 18.2 Å². The largest absolute Gasteiger partial charge is 0.505 e. The Morgan fingerprint density at radius 1 is 1.29 bits per heavy atom. The van der Waals surface area contributed by atoms with Gasteiger partial charge in [0.05, 0.1) is 12.3 Å². The second kappa shape index (κ2) is 7.51. The topological polar surface area (TPSA) is 86.6 Å². The number of hydrogen-bond donors (Lipinski definition) is 3. The SMILES string of the molecule is C=C1CCC[C@H]2[C@](C)(CC3=C(O)C(NCCO)=CC(=O)C3=O)[C@@H](C)CC[C@]12C. The van der Waals surface area contributed by atoms with E-state index in [2.05, 4.69) is 32.7 Å². The predicted molar refractivity (Wildman–Crippen MR) is 109 cm³/mol. The molecule has 2 fully saturated rings. The summed E-state index contributed by atoms with van der Waals surface area (Å²) in [4.78, 5) is 24.9. The van der Waals surface area contributed by atoms with Crippen LogP contribution in [0.15, 0.2) is 35.3 Å². The lowest BCUT2D eigenvalue weighted by molar-refractivity contribution is -0.132. The summed E-state index contributed by atoms with van der Waals surface area (Å²) >= 11 is 0. The second-order valence-electron chi connectivity index (χ2n) is 9.32. The molecule has 0 bridgehead atoms. The van der Waals surface area contributed by atoms with Crippen LogP contribution in [0.2, 0.25) is 0 Å². The van der Waals surface area contributed by atoms with Crippen molar-refractivity contribution in [1.82, 2.24) is 5.32 Å². The van der Waals surface area contributed by atoms with E-state index in [1.165, 1.54) is 5.57 Å². The van der Waals surface area contributed by atoms with Crippen LogP contribution >= 0.6 is 0 Å². The lowest BCUT2D eigenvalue weighted by Gasteiger charge is -2.59. The molecule has 3 aliphatic rings. The standard InChI is InChI=1S/C23H33NO4/c1-14-6-5-7-19-22(14,3)9-8-15(2)23(19,4)13-16-20(27)17(24-10-11-25)12-18(26)21(16)28/h12,15,19,24-25,27H,1,5-11,13H2,2-4H3/t15-,19+,22+,23+/m0/s1. The molecule has 0 aliphatic heterocycles. The third kappa shape index (κ3) is 3.24. The Balaban J connectivity index is 1.99. The minimum absolute atomic E-state index is 0.0468. The van der Waals surface area contributed by atoms with Crippen LogP contribution in [0.25, 0.3) is 0 Å². The van der Waals surface area contributed by atoms with Crippen molar-refractivity contribution >= 4 is 11.6 Å². The zero-order valence-electron chi connectivity index (χ0n) is 17.3. The monoisotopic (exact) mass is 387 g/mol. The fourth-order valence-corrected chi connectivity index (χ4v) is 5.82. The number of fused-ring (bicyclic) bond motifs is 1. The van der Waals surface area contributed by atoms with E-state index in [0.717, 1.165) is 38.2 Å². The summed E-state index contributed by atoms with van der Waals surface area (Å²) < 4.78 is 0. The molecule has 0 heterocycles. The molecule has 5 heteroatoms. The van der Waals surface area contributed by atoms with Gasteiger partial charge in [-0.1, -0.05) is 32.9 Å². The molecule has 28 heavy (non-hydrogen) atoms. The molecule has 0 unspecified atom stereocenters. The number of Topliss-reactive ketones (excluding diaryl/α,β-unsaturated/α-hetero) is 1. The van der Waals surface area contributed by atoms with Gasteiger partial charge in [-0.2, -0.15) is 0 Å². The van der Waals surface area contributed by atoms with Crippen LogP contribution in [0.1, 0.15) is 59.3 Å². The minimum atomic E-state index is -0.615. The van der Waals surface area contributed by atoms with E-state index in [9.17, 15) is 14.7 Å². The zero-order valence-corrected chi connectivity index (χ0v) is 17.3. The Morgan fingerprint density at radius 2 is 2.00 bits per heavy atom. The fraction of sp³-hybridized carbons (Fsp3) is 0.652. The molecule has 0 amide bonds. The molecule has 0 aromatic heterocycles. The lowest BCUT2D eigenvalue weighted by Crippen LogP contribution is -2.51. The summed E-state index contributed by atoms with van der Waals surface area (Å²) in [6.07, 6.45) is 6.91. The molecule has 0 spiro atoms. The molecule has 0 aromatic rings. The van der Waals surface area contributed by atoms with Gasteiger partial charge in [-0.25, -0.2) is 0 Å². The van der Waals surface area contributed by atoms with Crippen LogP contribution in [0.4, 0.5) is 0 Å². The Kier molecular flexibility index (Phi) is 5.59. The Bertz CT molecular complexity index is 765. The van der Waals surface area contributed by atoms with E-state index in [1.807, 2.05) is 0 Å². The summed E-state index contributed by atoms with van der Waals surface area (Å²) in [6.45, 7) is 11.2. The van der Waals surface area contributed by atoms with Gasteiger partial charge in [-0.05, 0) is 61.2 Å². The highest BCUT2D eigenvalue weighted by molar-refractivity contribution is 6.48. The van der Waals surface area contributed by atoms with Crippen molar-refractivity contribution in [3.05, 3.63) is 35.3 Å². The molecule has 4 atom stereocenters. The molecule has 0 saturated heterocycles. The number of aliphatic hydroxyl groups is 2. The van der Waals surface area contributed by atoms with Gasteiger partial charge in [0.2, 0.25) is 11.6 Å². The van der Waals surface area contributed by atoms with Crippen LogP contribution in [0.3, 0.4) is 0 Å². The maximum atomic E-state index is 12.7. The van der Waals surface area contributed by atoms with E-state index in [1.54, 1.807) is 0 Å². The Morgan fingerprint density at radius 3 is 2.68 bits per heavy atom. The van der Waals surface area contributed by atoms with Crippen molar-refractivity contribution < 1.29 is 19.8 Å². The number of allylic oxidation sites excluding steroid dienone is 3. The summed E-state index contributed by atoms with van der Waals surface area (Å²) in [5, 5.41) is 22.7. The van der Waals surface area contributed by atoms with Crippen LogP contribution < -0.4 is 5.32 Å². The van der Waals surface area contributed by atoms with Gasteiger partial charge >= 0.3 is 0 Å². The average Bonchev–Trinajstić information content (AvgIpc) is 2.66. The first kappa shape index (κ1) is 20.8. The molecule has 2 saturated carbocycles. The summed E-state index contributed by atoms with van der Waals surface area (Å²) in [6, 6.07) is 0. The third-order valence-corrected chi connectivity index (χ3v) is 7.87. The summed E-state index contributed by atoms with van der Waals surface area (Å²) in [5.41, 5.74) is 1.59. The van der Waals surface area contributed by atoms with Gasteiger partial charge in [-0.3, -0.25) is 9.59 Å². The van der Waals surface area contributed by atoms with Crippen LogP contribution in [-0.4, -0.2) is 34.9 Å². The smallest absolute Gasteiger partial charge is 0.232 e. The Hall–Kier alpha value is -1.88. The minimum Gasteiger partial charge on any atom is -0.505 e. The molecular formula is C23H33NO4. The van der Waals surface area contributed by atoms with Crippen LogP contribution in [-0.2, 0) is 9.59 Å². The van der Waals surface area contributed by atoms with E-state index >= 15 is 0 Å². The van der Waals surface area contributed by atoms with Crippen molar-refractivity contribution in [3.63, 3.8) is 0 Å². The van der Waals surface area contributed by atoms with E-state index < -0.39 is 11.6 Å². The van der Waals surface area contributed by atoms with Crippen molar-refractivity contribution in [2.75, 3.05) is 13.2 Å². The number of ketones is 2. The number of rotatable bonds is 5. The predicted octanol–water partition coefficient (Wildman–Crippen LogP) is 3.61. The molecular weight excluding hydrogens is 354 g/mol. The fourth-order valence-electron chi connectivity index (χ4n) is 5.82. The van der Waals surface area contributed by atoms with Gasteiger partial charge in [0.25, 0.3) is 0 Å². The molecule has 0 aromatic carbocycles. The van der Waals surface area contributed by atoms with Crippen molar-refractivity contribution in [3.8, 4) is 0 Å². The van der Waals surface area contributed by atoms with Crippen LogP contribution in [0.5, 0.6) is 0 Å². The van der Waals surface area contributed by atoms with E-state index in [4.69, 9.17) is 5.11 Å². The highest BCUT2D eigenvalue weighted by Gasteiger charge is 2.54. The number of carbonyl (C=O) groups excluding carboxylic acids is 2. The maximum Gasteiger partial charge on any atom is 0.232 e. The van der Waals surface area contributed by atoms with E-state index in [0.29, 0.717) is 18.3 Å². The van der Waals surface area contributed by atoms with Crippen molar-refractivity contribution in [2.24, 2.45) is 22.7 Å². The molecule has 154 valence electrons. The van der Waals surface area contributed by atoms with Crippen molar-refractivity contribution in [1.29, 1.82) is 0 Å².